The molecule has 0 N–H and O–H groups in total. The van der Waals surface area contributed by atoms with Crippen LogP contribution in [-0.2, 0) is 5.75 Å². The lowest BCUT2D eigenvalue weighted by molar-refractivity contribution is -0.385. The monoisotopic (exact) mass is 440 g/mol. The molecule has 7 nitrogen and oxygen atoms in total. The second-order valence-corrected chi connectivity index (χ2v) is 8.91. The van der Waals surface area contributed by atoms with Crippen LogP contribution in [0.5, 0.6) is 5.75 Å². The molecule has 0 amide bonds. The molecular formula is C23H28N4O3S. The Bertz CT molecular complexity index is 1030. The zero-order valence-corrected chi connectivity index (χ0v) is 19.3. The Labute approximate surface area is 187 Å². The number of thioether (sulfide) groups is 1. The second-order valence-electron chi connectivity index (χ2n) is 7.96. The van der Waals surface area contributed by atoms with E-state index in [1.807, 2.05) is 29.7 Å². The summed E-state index contributed by atoms with van der Waals surface area (Å²) in [5.74, 6) is 2.42. The van der Waals surface area contributed by atoms with Gasteiger partial charge >= 0.3 is 0 Å². The average molecular weight is 441 g/mol. The van der Waals surface area contributed by atoms with Crippen LogP contribution in [0.1, 0.15) is 69.6 Å². The molecule has 0 aliphatic rings. The summed E-state index contributed by atoms with van der Waals surface area (Å²) in [5.41, 5.74) is 2.04. The molecule has 0 spiro atoms. The molecular weight excluding hydrogens is 412 g/mol. The van der Waals surface area contributed by atoms with Gasteiger partial charge in [-0.3, -0.25) is 10.1 Å². The molecule has 164 valence electrons. The van der Waals surface area contributed by atoms with Gasteiger partial charge in [0, 0.05) is 23.4 Å². The van der Waals surface area contributed by atoms with Crippen molar-refractivity contribution in [3.8, 4) is 5.75 Å². The highest BCUT2D eigenvalue weighted by Gasteiger charge is 2.22. The summed E-state index contributed by atoms with van der Waals surface area (Å²) in [5, 5.41) is 20.7. The first-order valence-electron chi connectivity index (χ1n) is 10.3. The number of nitro groups is 1. The molecule has 1 atom stereocenters. The Hall–Kier alpha value is -2.87. The highest BCUT2D eigenvalue weighted by Crippen LogP contribution is 2.31. The van der Waals surface area contributed by atoms with Gasteiger partial charge in [-0.05, 0) is 44.4 Å². The Morgan fingerprint density at radius 3 is 2.32 bits per heavy atom. The Morgan fingerprint density at radius 1 is 1.03 bits per heavy atom. The van der Waals surface area contributed by atoms with Crippen LogP contribution in [0.15, 0.2) is 53.7 Å². The van der Waals surface area contributed by atoms with Gasteiger partial charge in [-0.1, -0.05) is 55.9 Å². The molecule has 0 saturated heterocycles. The number of rotatable bonds is 9. The molecule has 3 rings (SSSR count). The topological polar surface area (TPSA) is 83.1 Å². The number of ether oxygens (including phenoxy) is 1. The summed E-state index contributed by atoms with van der Waals surface area (Å²) >= 11 is 1.44. The maximum absolute atomic E-state index is 11.3. The minimum absolute atomic E-state index is 0.118. The molecule has 0 aliphatic heterocycles. The summed E-state index contributed by atoms with van der Waals surface area (Å²) in [6.45, 7) is 10.4. The van der Waals surface area contributed by atoms with Gasteiger partial charge in [0.25, 0.3) is 5.69 Å². The normalized spacial score (nSPS) is 12.4. The lowest BCUT2D eigenvalue weighted by atomic mass is 10.0. The Morgan fingerprint density at radius 2 is 1.71 bits per heavy atom. The van der Waals surface area contributed by atoms with E-state index >= 15 is 0 Å². The third-order valence-electron chi connectivity index (χ3n) is 4.98. The maximum Gasteiger partial charge on any atom is 0.273 e. The first kappa shape index (κ1) is 22.8. The van der Waals surface area contributed by atoms with Crippen molar-refractivity contribution in [1.82, 2.24) is 14.8 Å². The van der Waals surface area contributed by atoms with Crippen molar-refractivity contribution in [3.63, 3.8) is 0 Å². The molecule has 31 heavy (non-hydrogen) atoms. The minimum Gasteiger partial charge on any atom is -0.483 e. The first-order valence-corrected chi connectivity index (χ1v) is 11.3. The van der Waals surface area contributed by atoms with E-state index in [1.54, 1.807) is 12.1 Å². The molecule has 0 bridgehead atoms. The van der Waals surface area contributed by atoms with Gasteiger partial charge in [-0.25, -0.2) is 0 Å². The molecule has 1 heterocycles. The van der Waals surface area contributed by atoms with Gasteiger partial charge < -0.3 is 9.30 Å². The van der Waals surface area contributed by atoms with Crippen molar-refractivity contribution in [3.05, 3.63) is 75.6 Å². The van der Waals surface area contributed by atoms with E-state index in [0.29, 0.717) is 22.4 Å². The van der Waals surface area contributed by atoms with Crippen molar-refractivity contribution in [2.24, 2.45) is 0 Å². The van der Waals surface area contributed by atoms with Crippen molar-refractivity contribution in [2.75, 3.05) is 0 Å². The lowest BCUT2D eigenvalue weighted by Crippen LogP contribution is -2.14. The predicted molar refractivity (Wildman–Crippen MR) is 123 cm³/mol. The predicted octanol–water partition coefficient (Wildman–Crippen LogP) is 6.32. The smallest absolute Gasteiger partial charge is 0.273 e. The summed E-state index contributed by atoms with van der Waals surface area (Å²) in [7, 11) is 0. The van der Waals surface area contributed by atoms with Crippen molar-refractivity contribution < 1.29 is 9.66 Å². The molecule has 0 saturated carbocycles. The van der Waals surface area contributed by atoms with Crippen molar-refractivity contribution in [2.45, 2.75) is 63.6 Å². The molecule has 8 heteroatoms. The Balaban J connectivity index is 1.78. The summed E-state index contributed by atoms with van der Waals surface area (Å²) in [6.07, 6.45) is -0.291. The van der Waals surface area contributed by atoms with Crippen LogP contribution in [0.4, 0.5) is 5.69 Å². The standard InChI is InChI=1S/C23H28N4O3S/c1-15(2)18-10-12-20(13-11-18)30-17(5)22-24-25-23(26(22)16(3)4)31-14-19-8-6-7-9-21(19)27(28)29/h6-13,15-17H,14H2,1-5H3. The van der Waals surface area contributed by atoms with Crippen LogP contribution in [0.2, 0.25) is 0 Å². The number of para-hydroxylation sites is 1. The number of nitrogens with zero attached hydrogens (tertiary/aromatic N) is 4. The largest absolute Gasteiger partial charge is 0.483 e. The van der Waals surface area contributed by atoms with E-state index in [0.717, 1.165) is 11.6 Å². The van der Waals surface area contributed by atoms with Gasteiger partial charge in [0.2, 0.25) is 0 Å². The SMILES string of the molecule is CC(C)c1ccc(OC(C)c2nnc(SCc3ccccc3[N+](=O)[O-])n2C(C)C)cc1. The number of hydrogen-bond donors (Lipinski definition) is 0. The fourth-order valence-electron chi connectivity index (χ4n) is 3.29. The lowest BCUT2D eigenvalue weighted by Gasteiger charge is -2.19. The quantitative estimate of drug-likeness (QED) is 0.220. The van der Waals surface area contributed by atoms with Crippen molar-refractivity contribution >= 4 is 17.4 Å². The third kappa shape index (κ3) is 5.44. The number of nitro benzene ring substituents is 1. The van der Waals surface area contributed by atoms with Crippen LogP contribution >= 0.6 is 11.8 Å². The molecule has 0 aliphatic carbocycles. The van der Waals surface area contributed by atoms with E-state index in [2.05, 4.69) is 50.0 Å². The average Bonchev–Trinajstić information content (AvgIpc) is 3.17. The summed E-state index contributed by atoms with van der Waals surface area (Å²) < 4.78 is 8.17. The number of aromatic nitrogens is 3. The van der Waals surface area contributed by atoms with E-state index in [-0.39, 0.29) is 22.8 Å². The van der Waals surface area contributed by atoms with Crippen LogP contribution in [0.25, 0.3) is 0 Å². The first-order chi connectivity index (χ1) is 14.8. The molecule has 1 unspecified atom stereocenters. The number of benzene rings is 2. The summed E-state index contributed by atoms with van der Waals surface area (Å²) in [4.78, 5) is 10.9. The molecule has 2 aromatic carbocycles. The van der Waals surface area contributed by atoms with E-state index < -0.39 is 0 Å². The van der Waals surface area contributed by atoms with E-state index in [1.165, 1.54) is 23.4 Å². The van der Waals surface area contributed by atoms with Crippen molar-refractivity contribution in [1.29, 1.82) is 0 Å². The van der Waals surface area contributed by atoms with Gasteiger partial charge in [-0.2, -0.15) is 0 Å². The highest BCUT2D eigenvalue weighted by atomic mass is 32.2. The molecule has 1 aromatic heterocycles. The van der Waals surface area contributed by atoms with Crippen LogP contribution in [0.3, 0.4) is 0 Å². The molecule has 3 aromatic rings. The third-order valence-corrected chi connectivity index (χ3v) is 5.97. The van der Waals surface area contributed by atoms with Crippen LogP contribution in [0, 0.1) is 10.1 Å². The maximum atomic E-state index is 11.3. The van der Waals surface area contributed by atoms with Gasteiger partial charge in [0.15, 0.2) is 17.1 Å². The van der Waals surface area contributed by atoms with E-state index in [9.17, 15) is 10.1 Å². The highest BCUT2D eigenvalue weighted by molar-refractivity contribution is 7.98. The van der Waals surface area contributed by atoms with Gasteiger partial charge in [0.1, 0.15) is 5.75 Å². The number of hydrogen-bond acceptors (Lipinski definition) is 6. The Kier molecular flexibility index (Phi) is 7.33. The summed E-state index contributed by atoms with van der Waals surface area (Å²) in [6, 6.07) is 15.0. The van der Waals surface area contributed by atoms with Gasteiger partial charge in [-0.15, -0.1) is 10.2 Å². The zero-order chi connectivity index (χ0) is 22.5. The minimum atomic E-state index is -0.352. The fourth-order valence-corrected chi connectivity index (χ4v) is 4.36. The van der Waals surface area contributed by atoms with Crippen LogP contribution in [-0.4, -0.2) is 19.7 Å². The molecule has 0 radical (unpaired) electrons. The molecule has 0 fully saturated rings. The second kappa shape index (κ2) is 9.96. The van der Waals surface area contributed by atoms with E-state index in [4.69, 9.17) is 4.74 Å². The zero-order valence-electron chi connectivity index (χ0n) is 18.5. The fraction of sp³-hybridized carbons (Fsp3) is 0.391. The van der Waals surface area contributed by atoms with Gasteiger partial charge in [0.05, 0.1) is 4.92 Å². The van der Waals surface area contributed by atoms with Crippen LogP contribution < -0.4 is 4.74 Å².